The number of hydrogen-bond acceptors (Lipinski definition) is 5. The van der Waals surface area contributed by atoms with Crippen molar-refractivity contribution in [2.24, 2.45) is 11.8 Å². The fourth-order valence-corrected chi connectivity index (χ4v) is 4.63. The molecule has 2 fully saturated rings. The topological polar surface area (TPSA) is 75.7 Å². The molecule has 0 radical (unpaired) electrons. The van der Waals surface area contributed by atoms with E-state index in [1.165, 1.54) is 26.3 Å². The Bertz CT molecular complexity index is 963. The largest absolute Gasteiger partial charge is 0.468 e. The summed E-state index contributed by atoms with van der Waals surface area (Å²) in [4.78, 5) is 40.1. The number of rotatable bonds is 4. The molecular formula is C22H21FN2O4. The highest BCUT2D eigenvalue weighted by Gasteiger charge is 2.68. The minimum Gasteiger partial charge on any atom is -0.468 e. The molecule has 0 unspecified atom stereocenters. The Hall–Kier alpha value is -3.06. The predicted octanol–water partition coefficient (Wildman–Crippen LogP) is 1.86. The van der Waals surface area contributed by atoms with Crippen LogP contribution >= 0.6 is 0 Å². The van der Waals surface area contributed by atoms with Crippen molar-refractivity contribution in [1.29, 1.82) is 0 Å². The summed E-state index contributed by atoms with van der Waals surface area (Å²) >= 11 is 0. The van der Waals surface area contributed by atoms with E-state index < -0.39 is 41.1 Å². The quantitative estimate of drug-likeness (QED) is 0.631. The molecule has 2 heterocycles. The van der Waals surface area contributed by atoms with Gasteiger partial charge in [0, 0.05) is 19.5 Å². The number of imide groups is 1. The number of methoxy groups -OCH3 is 1. The van der Waals surface area contributed by atoms with Crippen LogP contribution in [0.1, 0.15) is 17.2 Å². The number of nitrogens with one attached hydrogen (secondary N) is 1. The van der Waals surface area contributed by atoms with Gasteiger partial charge in [-0.25, -0.2) is 4.39 Å². The van der Waals surface area contributed by atoms with Gasteiger partial charge in [-0.15, -0.1) is 0 Å². The monoisotopic (exact) mass is 396 g/mol. The molecule has 2 aliphatic rings. The standard InChI is InChI=1S/C22H21FN2O4/c1-25-19(26)16-17(20(25)27)22(21(28)29-2,12-13-6-4-3-5-7-13)24-18(16)14-8-10-15(23)11-9-14/h3-11,16-18,24H,12H2,1-2H3/t16-,17+,18+,22-/m1/s1. The Kier molecular flexibility index (Phi) is 4.70. The maximum absolute atomic E-state index is 13.4. The average Bonchev–Trinajstić information content (AvgIpc) is 3.19. The van der Waals surface area contributed by atoms with E-state index in [0.717, 1.165) is 10.5 Å². The third-order valence-electron chi connectivity index (χ3n) is 5.98. The number of carbonyl (C=O) groups excluding carboxylic acids is 3. The number of esters is 1. The van der Waals surface area contributed by atoms with Gasteiger partial charge in [-0.1, -0.05) is 42.5 Å². The van der Waals surface area contributed by atoms with Crippen LogP contribution in [0.15, 0.2) is 54.6 Å². The zero-order valence-electron chi connectivity index (χ0n) is 16.1. The van der Waals surface area contributed by atoms with E-state index in [2.05, 4.69) is 5.32 Å². The minimum absolute atomic E-state index is 0.187. The van der Waals surface area contributed by atoms with Gasteiger partial charge in [0.1, 0.15) is 11.4 Å². The lowest BCUT2D eigenvalue weighted by atomic mass is 9.76. The Labute approximate surface area is 167 Å². The summed E-state index contributed by atoms with van der Waals surface area (Å²) in [7, 11) is 2.69. The lowest BCUT2D eigenvalue weighted by Gasteiger charge is -2.32. The molecule has 1 N–H and O–H groups in total. The zero-order chi connectivity index (χ0) is 20.8. The van der Waals surface area contributed by atoms with Gasteiger partial charge in [0.2, 0.25) is 11.8 Å². The summed E-state index contributed by atoms with van der Waals surface area (Å²) in [5, 5.41) is 3.26. The Morgan fingerprint density at radius 1 is 1.10 bits per heavy atom. The third kappa shape index (κ3) is 2.93. The molecule has 0 spiro atoms. The number of halogens is 1. The van der Waals surface area contributed by atoms with E-state index in [9.17, 15) is 18.8 Å². The summed E-state index contributed by atoms with van der Waals surface area (Å²) in [6, 6.07) is 14.4. The molecular weight excluding hydrogens is 375 g/mol. The van der Waals surface area contributed by atoms with Crippen LogP contribution < -0.4 is 5.32 Å². The molecule has 0 aromatic heterocycles. The van der Waals surface area contributed by atoms with Gasteiger partial charge < -0.3 is 4.74 Å². The number of nitrogens with zero attached hydrogens (tertiary/aromatic N) is 1. The molecule has 29 heavy (non-hydrogen) atoms. The summed E-state index contributed by atoms with van der Waals surface area (Å²) in [6.07, 6.45) is 0.187. The van der Waals surface area contributed by atoms with E-state index in [4.69, 9.17) is 4.74 Å². The molecule has 0 aliphatic carbocycles. The maximum atomic E-state index is 13.4. The number of benzene rings is 2. The van der Waals surface area contributed by atoms with Gasteiger partial charge in [0.15, 0.2) is 0 Å². The van der Waals surface area contributed by atoms with Crippen molar-refractivity contribution in [3.63, 3.8) is 0 Å². The van der Waals surface area contributed by atoms with Gasteiger partial charge in [-0.3, -0.25) is 24.6 Å². The van der Waals surface area contributed by atoms with Crippen LogP contribution in [0.3, 0.4) is 0 Å². The summed E-state index contributed by atoms with van der Waals surface area (Å²) < 4.78 is 18.5. The van der Waals surface area contributed by atoms with Crippen LogP contribution in [0.5, 0.6) is 0 Å². The first-order valence-corrected chi connectivity index (χ1v) is 9.36. The zero-order valence-corrected chi connectivity index (χ0v) is 16.1. The smallest absolute Gasteiger partial charge is 0.327 e. The van der Waals surface area contributed by atoms with Crippen molar-refractivity contribution in [2.75, 3.05) is 14.2 Å². The Morgan fingerprint density at radius 2 is 1.76 bits per heavy atom. The predicted molar refractivity (Wildman–Crippen MR) is 102 cm³/mol. The normalized spacial score (nSPS) is 28.5. The highest BCUT2D eigenvalue weighted by Crippen LogP contribution is 2.49. The molecule has 2 aromatic rings. The number of ether oxygens (including phenoxy) is 1. The third-order valence-corrected chi connectivity index (χ3v) is 5.98. The second-order valence-electron chi connectivity index (χ2n) is 7.54. The molecule has 6 nitrogen and oxygen atoms in total. The molecule has 7 heteroatoms. The van der Waals surface area contributed by atoms with Crippen LogP contribution in [0, 0.1) is 17.7 Å². The molecule has 4 atom stereocenters. The first-order valence-electron chi connectivity index (χ1n) is 9.36. The maximum Gasteiger partial charge on any atom is 0.327 e. The summed E-state index contributed by atoms with van der Waals surface area (Å²) in [5.74, 6) is -3.47. The summed E-state index contributed by atoms with van der Waals surface area (Å²) in [6.45, 7) is 0. The lowest BCUT2D eigenvalue weighted by molar-refractivity contribution is -0.153. The van der Waals surface area contributed by atoms with Crippen LogP contribution in [0.2, 0.25) is 0 Å². The average molecular weight is 396 g/mol. The molecule has 2 amide bonds. The first-order chi connectivity index (χ1) is 13.9. The van der Waals surface area contributed by atoms with E-state index in [1.54, 1.807) is 12.1 Å². The van der Waals surface area contributed by atoms with Crippen LogP contribution in [0.25, 0.3) is 0 Å². The van der Waals surface area contributed by atoms with Crippen molar-refractivity contribution in [2.45, 2.75) is 18.0 Å². The SMILES string of the molecule is COC(=O)[C@]1(Cc2ccccc2)N[C@@H](c2ccc(F)cc2)[C@@H]2C(=O)N(C)C(=O)[C@H]21. The fraction of sp³-hybridized carbons (Fsp3) is 0.318. The van der Waals surface area contributed by atoms with Gasteiger partial charge >= 0.3 is 5.97 Å². The lowest BCUT2D eigenvalue weighted by Crippen LogP contribution is -2.57. The second-order valence-corrected chi connectivity index (χ2v) is 7.54. The van der Waals surface area contributed by atoms with Gasteiger partial charge in [-0.2, -0.15) is 0 Å². The van der Waals surface area contributed by atoms with Crippen molar-refractivity contribution in [1.82, 2.24) is 10.2 Å². The van der Waals surface area contributed by atoms with E-state index in [0.29, 0.717) is 5.56 Å². The molecule has 0 saturated carbocycles. The number of carbonyl (C=O) groups is 3. The number of likely N-dealkylation sites (tertiary alicyclic amines) is 1. The van der Waals surface area contributed by atoms with E-state index >= 15 is 0 Å². The van der Waals surface area contributed by atoms with Gasteiger partial charge in [0.05, 0.1) is 18.9 Å². The molecule has 150 valence electrons. The van der Waals surface area contributed by atoms with Crippen molar-refractivity contribution in [3.8, 4) is 0 Å². The van der Waals surface area contributed by atoms with E-state index in [1.807, 2.05) is 30.3 Å². The molecule has 0 bridgehead atoms. The van der Waals surface area contributed by atoms with Crippen molar-refractivity contribution >= 4 is 17.8 Å². The molecule has 2 aromatic carbocycles. The number of fused-ring (bicyclic) bond motifs is 1. The molecule has 2 saturated heterocycles. The minimum atomic E-state index is -1.41. The number of amides is 2. The van der Waals surface area contributed by atoms with Gasteiger partial charge in [-0.05, 0) is 23.3 Å². The van der Waals surface area contributed by atoms with Crippen molar-refractivity contribution in [3.05, 3.63) is 71.5 Å². The van der Waals surface area contributed by atoms with Crippen LogP contribution in [-0.2, 0) is 25.5 Å². The van der Waals surface area contributed by atoms with Crippen LogP contribution in [0.4, 0.5) is 4.39 Å². The second kappa shape index (κ2) is 7.08. The Balaban J connectivity index is 1.85. The van der Waals surface area contributed by atoms with Crippen LogP contribution in [-0.4, -0.2) is 42.4 Å². The van der Waals surface area contributed by atoms with Gasteiger partial charge in [0.25, 0.3) is 0 Å². The molecule has 2 aliphatic heterocycles. The van der Waals surface area contributed by atoms with E-state index in [-0.39, 0.29) is 12.3 Å². The molecule has 4 rings (SSSR count). The first kappa shape index (κ1) is 19.3. The summed E-state index contributed by atoms with van der Waals surface area (Å²) in [5.41, 5.74) is 0.0625. The van der Waals surface area contributed by atoms with Crippen molar-refractivity contribution < 1.29 is 23.5 Å². The fourth-order valence-electron chi connectivity index (χ4n) is 4.63. The number of hydrogen-bond donors (Lipinski definition) is 1. The highest BCUT2D eigenvalue weighted by atomic mass is 19.1. The Morgan fingerprint density at radius 3 is 2.38 bits per heavy atom. The highest BCUT2D eigenvalue weighted by molar-refractivity contribution is 6.09.